The van der Waals surface area contributed by atoms with E-state index in [0.29, 0.717) is 17.2 Å². The van der Waals surface area contributed by atoms with Crippen LogP contribution in [-0.2, 0) is 0 Å². The van der Waals surface area contributed by atoms with Crippen molar-refractivity contribution in [2.24, 2.45) is 9.98 Å². The number of rotatable bonds is 1. The standard InChI is InChI=1S/C24H15N3O2/c25-16-5-3-4-14(10-16)15-8-9-22-18(11-15)27-20-13-23-19(12-24(20)29-22)26-17-6-1-2-7-21(17)28-23/h1-13H,25H2. The highest BCUT2D eigenvalue weighted by molar-refractivity contribution is 5.73. The van der Waals surface area contributed by atoms with Crippen LogP contribution in [0.25, 0.3) is 11.1 Å². The minimum Gasteiger partial charge on any atom is -0.453 e. The largest absolute Gasteiger partial charge is 0.453 e. The third-order valence-electron chi connectivity index (χ3n) is 5.01. The molecule has 0 fully saturated rings. The van der Waals surface area contributed by atoms with Crippen LogP contribution < -0.4 is 25.9 Å². The third kappa shape index (κ3) is 2.63. The van der Waals surface area contributed by atoms with Gasteiger partial charge >= 0.3 is 0 Å². The van der Waals surface area contributed by atoms with Crippen molar-refractivity contribution < 1.29 is 9.47 Å². The lowest BCUT2D eigenvalue weighted by Crippen LogP contribution is -2.18. The summed E-state index contributed by atoms with van der Waals surface area (Å²) in [5.74, 6) is 2.79. The molecular weight excluding hydrogens is 362 g/mol. The van der Waals surface area contributed by atoms with Gasteiger partial charge in [0, 0.05) is 17.8 Å². The lowest BCUT2D eigenvalue weighted by molar-refractivity contribution is 0.451. The summed E-state index contributed by atoms with van der Waals surface area (Å²) in [6.45, 7) is 0. The topological polar surface area (TPSA) is 69.2 Å². The molecule has 0 bridgehead atoms. The Hall–Kier alpha value is -4.12. The second-order valence-corrected chi connectivity index (χ2v) is 6.99. The monoisotopic (exact) mass is 377 g/mol. The predicted molar refractivity (Wildman–Crippen MR) is 111 cm³/mol. The minimum absolute atomic E-state index is 0.666. The molecule has 0 aromatic heterocycles. The van der Waals surface area contributed by atoms with E-state index in [4.69, 9.17) is 20.2 Å². The summed E-state index contributed by atoms with van der Waals surface area (Å²) < 4.78 is 12.1. The number of nitrogens with two attached hydrogens (primary N) is 1. The highest BCUT2D eigenvalue weighted by atomic mass is 16.5. The zero-order chi connectivity index (χ0) is 19.4. The first-order valence-corrected chi connectivity index (χ1v) is 9.29. The van der Waals surface area contributed by atoms with Crippen LogP contribution in [0.1, 0.15) is 0 Å². The Labute approximate surface area is 166 Å². The van der Waals surface area contributed by atoms with Gasteiger partial charge in [-0.15, -0.1) is 0 Å². The molecule has 4 aromatic rings. The summed E-state index contributed by atoms with van der Waals surface area (Å²) in [5.41, 5.74) is 10.3. The summed E-state index contributed by atoms with van der Waals surface area (Å²) in [6.07, 6.45) is 0. The number of ether oxygens (including phenoxy) is 2. The van der Waals surface area contributed by atoms with E-state index in [1.54, 1.807) is 0 Å². The highest BCUT2D eigenvalue weighted by Gasteiger charge is 2.18. The molecule has 2 heterocycles. The fraction of sp³-hybridized carbons (Fsp3) is 0. The van der Waals surface area contributed by atoms with Gasteiger partial charge in [-0.25, -0.2) is 9.98 Å². The number of para-hydroxylation sites is 2. The SMILES string of the molecule is Nc1cccc(-c2ccc3c(c2)N=c2cc4c(cc2O3)=Nc2ccccc2O4)c1. The van der Waals surface area contributed by atoms with E-state index in [1.165, 1.54) is 0 Å². The van der Waals surface area contributed by atoms with Crippen LogP contribution in [0.2, 0.25) is 0 Å². The maximum atomic E-state index is 6.11. The number of hydrogen-bond acceptors (Lipinski definition) is 5. The normalized spacial score (nSPS) is 12.7. The first-order chi connectivity index (χ1) is 14.2. The van der Waals surface area contributed by atoms with Gasteiger partial charge in [0.2, 0.25) is 0 Å². The van der Waals surface area contributed by atoms with Gasteiger partial charge < -0.3 is 15.2 Å². The van der Waals surface area contributed by atoms with Crippen molar-refractivity contribution in [3.8, 4) is 34.1 Å². The van der Waals surface area contributed by atoms with Gasteiger partial charge in [0.15, 0.2) is 23.0 Å². The minimum atomic E-state index is 0.666. The Bertz CT molecular complexity index is 1430. The number of hydrogen-bond donors (Lipinski definition) is 1. The van der Waals surface area contributed by atoms with E-state index in [9.17, 15) is 0 Å². The Morgan fingerprint density at radius 2 is 1.24 bits per heavy atom. The van der Waals surface area contributed by atoms with E-state index in [-0.39, 0.29) is 0 Å². The molecule has 0 saturated carbocycles. The van der Waals surface area contributed by atoms with Crippen molar-refractivity contribution in [2.45, 2.75) is 0 Å². The third-order valence-corrected chi connectivity index (χ3v) is 5.01. The summed E-state index contributed by atoms with van der Waals surface area (Å²) in [4.78, 5) is 9.48. The van der Waals surface area contributed by atoms with Crippen LogP contribution in [0.3, 0.4) is 0 Å². The summed E-state index contributed by atoms with van der Waals surface area (Å²) in [7, 11) is 0. The lowest BCUT2D eigenvalue weighted by atomic mass is 10.0. The van der Waals surface area contributed by atoms with Crippen molar-refractivity contribution in [1.29, 1.82) is 0 Å². The maximum absolute atomic E-state index is 6.11. The number of nitrogen functional groups attached to an aromatic ring is 1. The molecule has 0 amide bonds. The van der Waals surface area contributed by atoms with Gasteiger partial charge in [-0.1, -0.05) is 30.3 Å². The van der Waals surface area contributed by atoms with E-state index in [2.05, 4.69) is 4.99 Å². The molecule has 0 saturated heterocycles. The van der Waals surface area contributed by atoms with Crippen LogP contribution >= 0.6 is 0 Å². The van der Waals surface area contributed by atoms with Crippen molar-refractivity contribution in [1.82, 2.24) is 0 Å². The smallest absolute Gasteiger partial charge is 0.155 e. The number of fused-ring (bicyclic) bond motifs is 4. The number of nitrogens with zero attached hydrogens (tertiary/aromatic N) is 2. The molecule has 5 heteroatoms. The molecule has 0 aliphatic carbocycles. The Morgan fingerprint density at radius 3 is 2.03 bits per heavy atom. The van der Waals surface area contributed by atoms with E-state index >= 15 is 0 Å². The van der Waals surface area contributed by atoms with Crippen molar-refractivity contribution in [2.75, 3.05) is 5.73 Å². The van der Waals surface area contributed by atoms with Crippen LogP contribution in [0, 0.1) is 0 Å². The predicted octanol–water partition coefficient (Wildman–Crippen LogP) is 5.05. The van der Waals surface area contributed by atoms with Gasteiger partial charge in [-0.05, 0) is 47.5 Å². The molecular formula is C24H15N3O2. The Balaban J connectivity index is 1.48. The van der Waals surface area contributed by atoms with Crippen LogP contribution in [0.4, 0.5) is 17.1 Å². The number of benzene rings is 4. The first kappa shape index (κ1) is 15.9. The van der Waals surface area contributed by atoms with E-state index in [0.717, 1.165) is 44.7 Å². The number of anilines is 1. The molecule has 0 atom stereocenters. The molecule has 138 valence electrons. The second-order valence-electron chi connectivity index (χ2n) is 6.99. The molecule has 0 unspecified atom stereocenters. The second kappa shape index (κ2) is 5.94. The molecule has 6 rings (SSSR count). The zero-order valence-electron chi connectivity index (χ0n) is 15.3. The fourth-order valence-corrected chi connectivity index (χ4v) is 3.60. The molecule has 29 heavy (non-hydrogen) atoms. The van der Waals surface area contributed by atoms with Gasteiger partial charge in [-0.3, -0.25) is 0 Å². The van der Waals surface area contributed by atoms with E-state index < -0.39 is 0 Å². The van der Waals surface area contributed by atoms with Crippen LogP contribution in [-0.4, -0.2) is 0 Å². The van der Waals surface area contributed by atoms with Gasteiger partial charge in [0.05, 0.1) is 0 Å². The molecule has 0 radical (unpaired) electrons. The lowest BCUT2D eigenvalue weighted by Gasteiger charge is -2.18. The van der Waals surface area contributed by atoms with Crippen molar-refractivity contribution in [3.63, 3.8) is 0 Å². The highest BCUT2D eigenvalue weighted by Crippen LogP contribution is 2.38. The molecule has 2 N–H and O–H groups in total. The van der Waals surface area contributed by atoms with Crippen LogP contribution in [0.5, 0.6) is 23.0 Å². The Kier molecular flexibility index (Phi) is 3.25. The van der Waals surface area contributed by atoms with E-state index in [1.807, 2.05) is 78.9 Å². The first-order valence-electron chi connectivity index (χ1n) is 9.29. The molecule has 2 aliphatic rings. The molecule has 4 aromatic carbocycles. The van der Waals surface area contributed by atoms with Gasteiger partial charge in [0.25, 0.3) is 0 Å². The molecule has 2 aliphatic heterocycles. The zero-order valence-corrected chi connectivity index (χ0v) is 15.3. The maximum Gasteiger partial charge on any atom is 0.155 e. The summed E-state index contributed by atoms with van der Waals surface area (Å²) in [5, 5.41) is 1.45. The summed E-state index contributed by atoms with van der Waals surface area (Å²) >= 11 is 0. The fourth-order valence-electron chi connectivity index (χ4n) is 3.60. The van der Waals surface area contributed by atoms with Crippen molar-refractivity contribution in [3.05, 3.63) is 89.6 Å². The molecule has 5 nitrogen and oxygen atoms in total. The van der Waals surface area contributed by atoms with Gasteiger partial charge in [0.1, 0.15) is 22.1 Å². The average Bonchev–Trinajstić information content (AvgIpc) is 2.74. The quantitative estimate of drug-likeness (QED) is 0.408. The summed E-state index contributed by atoms with van der Waals surface area (Å²) in [6, 6.07) is 25.2. The van der Waals surface area contributed by atoms with Gasteiger partial charge in [-0.2, -0.15) is 0 Å². The Morgan fingerprint density at radius 1 is 0.552 bits per heavy atom. The molecule has 0 spiro atoms. The van der Waals surface area contributed by atoms with Crippen molar-refractivity contribution >= 4 is 17.1 Å². The van der Waals surface area contributed by atoms with Crippen LogP contribution in [0.15, 0.2) is 88.8 Å². The average molecular weight is 377 g/mol.